The molecule has 12 aromatic rings. The van der Waals surface area contributed by atoms with E-state index in [0.29, 0.717) is 0 Å². The van der Waals surface area contributed by atoms with Gasteiger partial charge in [-0.3, -0.25) is 4.57 Å². The second kappa shape index (κ2) is 12.4. The quantitative estimate of drug-likeness (QED) is 0.174. The van der Waals surface area contributed by atoms with Gasteiger partial charge in [-0.1, -0.05) is 121 Å². The van der Waals surface area contributed by atoms with Crippen LogP contribution in [-0.2, 0) is 0 Å². The molecule has 4 nitrogen and oxygen atoms in total. The largest absolute Gasteiger partial charge is 0.317 e. The van der Waals surface area contributed by atoms with Gasteiger partial charge in [0.2, 0.25) is 0 Å². The highest BCUT2D eigenvalue weighted by atomic mass is 15.1. The molecular formula is C53H34N4. The molecule has 8 aromatic carbocycles. The van der Waals surface area contributed by atoms with E-state index in [-0.39, 0.29) is 0 Å². The van der Waals surface area contributed by atoms with Crippen LogP contribution in [-0.4, -0.2) is 18.7 Å². The molecule has 0 aliphatic heterocycles. The van der Waals surface area contributed by atoms with E-state index < -0.39 is 0 Å². The Hall–Kier alpha value is -7.69. The molecular weight excluding hydrogens is 693 g/mol. The summed E-state index contributed by atoms with van der Waals surface area (Å²) in [5.74, 6) is 0.893. The highest BCUT2D eigenvalue weighted by Crippen LogP contribution is 2.40. The molecule has 0 aliphatic carbocycles. The maximum atomic E-state index is 5.36. The highest BCUT2D eigenvalue weighted by Gasteiger charge is 2.19. The van der Waals surface area contributed by atoms with Crippen LogP contribution < -0.4 is 0 Å². The van der Waals surface area contributed by atoms with Gasteiger partial charge in [-0.15, -0.1) is 0 Å². The number of para-hydroxylation sites is 3. The van der Waals surface area contributed by atoms with Crippen molar-refractivity contribution in [3.05, 3.63) is 206 Å². The average Bonchev–Trinajstić information content (AvgIpc) is 3.97. The van der Waals surface area contributed by atoms with Gasteiger partial charge in [-0.25, -0.2) is 4.98 Å². The number of benzene rings is 8. The number of pyridine rings is 1. The Labute approximate surface area is 328 Å². The number of fused-ring (bicyclic) bond motifs is 9. The monoisotopic (exact) mass is 726 g/mol. The molecule has 0 radical (unpaired) electrons. The molecule has 0 bridgehead atoms. The first-order chi connectivity index (χ1) is 28.3. The van der Waals surface area contributed by atoms with E-state index in [4.69, 9.17) is 4.98 Å². The van der Waals surface area contributed by atoms with E-state index in [1.807, 2.05) is 0 Å². The standard InChI is InChI=1S/C53H34N4/c1-4-14-35(15-5-1)38-31-47(36-16-6-2-7-17-36)54-53(32-38)57-50-23-13-11-21-42(50)46-33-40(25-27-51(46)57)56-49-22-12-10-20-41(49)45-30-37-24-26-48-43(44(37)34-52(45)56)28-29-55(48)39-18-8-3-9-19-39/h1-34H. The van der Waals surface area contributed by atoms with Gasteiger partial charge in [0.1, 0.15) is 5.82 Å². The molecule has 0 N–H and O–H groups in total. The summed E-state index contributed by atoms with van der Waals surface area (Å²) in [5, 5.41) is 8.60. The van der Waals surface area contributed by atoms with Gasteiger partial charge in [0.25, 0.3) is 0 Å². The zero-order valence-corrected chi connectivity index (χ0v) is 30.9. The molecule has 0 saturated carbocycles. The number of rotatable bonds is 5. The van der Waals surface area contributed by atoms with E-state index in [1.165, 1.54) is 54.3 Å². The van der Waals surface area contributed by atoms with E-state index >= 15 is 0 Å². The highest BCUT2D eigenvalue weighted by molar-refractivity contribution is 6.18. The van der Waals surface area contributed by atoms with Crippen LogP contribution in [0.3, 0.4) is 0 Å². The first-order valence-corrected chi connectivity index (χ1v) is 19.5. The first kappa shape index (κ1) is 31.6. The molecule has 0 atom stereocenters. The zero-order valence-electron chi connectivity index (χ0n) is 30.9. The minimum absolute atomic E-state index is 0.893. The molecule has 4 heterocycles. The van der Waals surface area contributed by atoms with Gasteiger partial charge in [0.15, 0.2) is 0 Å². The van der Waals surface area contributed by atoms with Crippen molar-refractivity contribution in [3.63, 3.8) is 0 Å². The molecule has 0 spiro atoms. The van der Waals surface area contributed by atoms with Gasteiger partial charge < -0.3 is 9.13 Å². The van der Waals surface area contributed by atoms with Crippen molar-refractivity contribution in [3.8, 4) is 39.6 Å². The lowest BCUT2D eigenvalue weighted by Gasteiger charge is -2.13. The van der Waals surface area contributed by atoms with Crippen molar-refractivity contribution in [2.24, 2.45) is 0 Å². The molecule has 0 unspecified atom stereocenters. The second-order valence-corrected chi connectivity index (χ2v) is 14.8. The van der Waals surface area contributed by atoms with Gasteiger partial charge in [0.05, 0.1) is 33.3 Å². The van der Waals surface area contributed by atoms with Crippen LogP contribution in [0.2, 0.25) is 0 Å². The Morgan fingerprint density at radius 1 is 0.316 bits per heavy atom. The summed E-state index contributed by atoms with van der Waals surface area (Å²) in [6.07, 6.45) is 2.19. The van der Waals surface area contributed by atoms with Crippen LogP contribution in [0.4, 0.5) is 0 Å². The van der Waals surface area contributed by atoms with E-state index in [2.05, 4.69) is 220 Å². The lowest BCUT2D eigenvalue weighted by molar-refractivity contribution is 1.08. The van der Waals surface area contributed by atoms with Crippen LogP contribution in [0.15, 0.2) is 206 Å². The third kappa shape index (κ3) is 4.91. The molecule has 0 amide bonds. The van der Waals surface area contributed by atoms with Gasteiger partial charge in [-0.05, 0) is 101 Å². The number of aromatic nitrogens is 4. The summed E-state index contributed by atoms with van der Waals surface area (Å²) in [6.45, 7) is 0. The van der Waals surface area contributed by atoms with Crippen molar-refractivity contribution in [2.75, 3.05) is 0 Å². The van der Waals surface area contributed by atoms with Crippen molar-refractivity contribution >= 4 is 65.3 Å². The Balaban J connectivity index is 1.10. The Bertz CT molecular complexity index is 3440. The maximum absolute atomic E-state index is 5.36. The van der Waals surface area contributed by atoms with Crippen LogP contribution in [0.1, 0.15) is 0 Å². The van der Waals surface area contributed by atoms with E-state index in [9.17, 15) is 0 Å². The molecule has 0 aliphatic rings. The Morgan fingerprint density at radius 2 is 0.912 bits per heavy atom. The fraction of sp³-hybridized carbons (Fsp3) is 0. The van der Waals surface area contributed by atoms with Crippen molar-refractivity contribution in [2.45, 2.75) is 0 Å². The van der Waals surface area contributed by atoms with Crippen LogP contribution >= 0.6 is 0 Å². The van der Waals surface area contributed by atoms with E-state index in [0.717, 1.165) is 50.6 Å². The first-order valence-electron chi connectivity index (χ1n) is 19.5. The van der Waals surface area contributed by atoms with Crippen LogP contribution in [0, 0.1) is 0 Å². The SMILES string of the molecule is c1ccc(-c2cc(-c3ccccc3)nc(-n3c4ccccc4c4cc(-n5c6ccccc6c6cc7ccc8c(ccn8-c8ccccc8)c7cc65)ccc43)c2)cc1. The zero-order chi connectivity index (χ0) is 37.5. The van der Waals surface area contributed by atoms with Crippen molar-refractivity contribution in [1.29, 1.82) is 0 Å². The summed E-state index contributed by atoms with van der Waals surface area (Å²) >= 11 is 0. The third-order valence-electron chi connectivity index (χ3n) is 11.6. The topological polar surface area (TPSA) is 27.7 Å². The predicted molar refractivity (Wildman–Crippen MR) is 238 cm³/mol. The fourth-order valence-corrected chi connectivity index (χ4v) is 9.04. The van der Waals surface area contributed by atoms with Crippen LogP contribution in [0.5, 0.6) is 0 Å². The molecule has 0 saturated heterocycles. The lowest BCUT2D eigenvalue weighted by Crippen LogP contribution is -2.00. The van der Waals surface area contributed by atoms with Gasteiger partial charge >= 0.3 is 0 Å². The van der Waals surface area contributed by atoms with E-state index in [1.54, 1.807) is 0 Å². The minimum atomic E-state index is 0.893. The summed E-state index contributed by atoms with van der Waals surface area (Å²) in [4.78, 5) is 5.36. The van der Waals surface area contributed by atoms with Gasteiger partial charge in [0, 0.05) is 50.1 Å². The number of hydrogen-bond donors (Lipinski definition) is 0. The smallest absolute Gasteiger partial charge is 0.138 e. The molecule has 0 fully saturated rings. The molecule has 4 aromatic heterocycles. The van der Waals surface area contributed by atoms with Gasteiger partial charge in [-0.2, -0.15) is 0 Å². The summed E-state index contributed by atoms with van der Waals surface area (Å²) in [7, 11) is 0. The maximum Gasteiger partial charge on any atom is 0.138 e. The minimum Gasteiger partial charge on any atom is -0.317 e. The predicted octanol–water partition coefficient (Wildman–Crippen LogP) is 13.7. The second-order valence-electron chi connectivity index (χ2n) is 14.8. The number of hydrogen-bond acceptors (Lipinski definition) is 1. The summed E-state index contributed by atoms with van der Waals surface area (Å²) < 4.78 is 7.07. The normalized spacial score (nSPS) is 11.9. The number of nitrogens with zero attached hydrogens (tertiary/aromatic N) is 4. The van der Waals surface area contributed by atoms with Crippen LogP contribution in [0.25, 0.3) is 105 Å². The molecule has 4 heteroatoms. The van der Waals surface area contributed by atoms with Crippen molar-refractivity contribution < 1.29 is 0 Å². The Kier molecular flexibility index (Phi) is 6.89. The molecule has 57 heavy (non-hydrogen) atoms. The van der Waals surface area contributed by atoms with Crippen molar-refractivity contribution in [1.82, 2.24) is 18.7 Å². The third-order valence-corrected chi connectivity index (χ3v) is 11.6. The summed E-state index contributed by atoms with van der Waals surface area (Å²) in [6, 6.07) is 72.1. The summed E-state index contributed by atoms with van der Waals surface area (Å²) in [5.41, 5.74) is 12.4. The lowest BCUT2D eigenvalue weighted by atomic mass is 10.0. The fourth-order valence-electron chi connectivity index (χ4n) is 9.04. The average molecular weight is 727 g/mol. The molecule has 266 valence electrons. The molecule has 12 rings (SSSR count). The Morgan fingerprint density at radius 3 is 1.67 bits per heavy atom.